The molecule has 1 heterocycles. The maximum atomic E-state index is 5.63. The summed E-state index contributed by atoms with van der Waals surface area (Å²) in [6.07, 6.45) is 3.55. The SMILES string of the molecule is NCCc1ccc(N(Cc2cccs2)C2CC2)c(Br)c1. The Kier molecular flexibility index (Phi) is 4.44. The minimum Gasteiger partial charge on any atom is -0.362 e. The first-order chi connectivity index (χ1) is 9.78. The molecule has 20 heavy (non-hydrogen) atoms. The van der Waals surface area contributed by atoms with Gasteiger partial charge < -0.3 is 10.6 Å². The molecule has 1 aliphatic rings. The Morgan fingerprint density at radius 3 is 2.75 bits per heavy atom. The molecule has 0 atom stereocenters. The summed E-state index contributed by atoms with van der Waals surface area (Å²) in [6.45, 7) is 1.71. The molecule has 1 aromatic carbocycles. The monoisotopic (exact) mass is 350 g/mol. The van der Waals surface area contributed by atoms with E-state index in [-0.39, 0.29) is 0 Å². The van der Waals surface area contributed by atoms with Gasteiger partial charge in [0.05, 0.1) is 12.2 Å². The van der Waals surface area contributed by atoms with Gasteiger partial charge in [-0.05, 0) is 70.9 Å². The van der Waals surface area contributed by atoms with Crippen LogP contribution in [0.3, 0.4) is 0 Å². The first kappa shape index (κ1) is 14.1. The molecule has 1 fully saturated rings. The van der Waals surface area contributed by atoms with Gasteiger partial charge in [0.25, 0.3) is 0 Å². The summed E-state index contributed by atoms with van der Waals surface area (Å²) in [7, 11) is 0. The Labute approximate surface area is 132 Å². The number of hydrogen-bond donors (Lipinski definition) is 1. The van der Waals surface area contributed by atoms with Crippen molar-refractivity contribution < 1.29 is 0 Å². The molecule has 1 saturated carbocycles. The van der Waals surface area contributed by atoms with Gasteiger partial charge in [-0.2, -0.15) is 0 Å². The Hall–Kier alpha value is -0.840. The van der Waals surface area contributed by atoms with Crippen LogP contribution in [0.2, 0.25) is 0 Å². The molecule has 0 aliphatic heterocycles. The van der Waals surface area contributed by atoms with Crippen LogP contribution in [0.1, 0.15) is 23.3 Å². The van der Waals surface area contributed by atoms with Gasteiger partial charge in [-0.1, -0.05) is 12.1 Å². The van der Waals surface area contributed by atoms with Crippen molar-refractivity contribution in [2.45, 2.75) is 31.8 Å². The van der Waals surface area contributed by atoms with E-state index in [4.69, 9.17) is 5.73 Å². The maximum absolute atomic E-state index is 5.63. The van der Waals surface area contributed by atoms with Crippen LogP contribution in [-0.2, 0) is 13.0 Å². The summed E-state index contributed by atoms with van der Waals surface area (Å²) < 4.78 is 1.19. The number of hydrogen-bond acceptors (Lipinski definition) is 3. The molecule has 0 amide bonds. The molecule has 0 unspecified atom stereocenters. The van der Waals surface area contributed by atoms with Crippen molar-refractivity contribution in [2.24, 2.45) is 5.73 Å². The van der Waals surface area contributed by atoms with E-state index in [1.165, 1.54) is 33.4 Å². The molecule has 2 N–H and O–H groups in total. The van der Waals surface area contributed by atoms with Crippen molar-refractivity contribution in [3.63, 3.8) is 0 Å². The predicted octanol–water partition coefficient (Wildman–Crippen LogP) is 4.18. The number of rotatable bonds is 6. The second-order valence-corrected chi connectivity index (χ2v) is 7.15. The summed E-state index contributed by atoms with van der Waals surface area (Å²) in [4.78, 5) is 3.96. The lowest BCUT2D eigenvalue weighted by atomic mass is 10.1. The Morgan fingerprint density at radius 1 is 1.30 bits per heavy atom. The van der Waals surface area contributed by atoms with Crippen molar-refractivity contribution in [3.8, 4) is 0 Å². The van der Waals surface area contributed by atoms with Crippen LogP contribution in [-0.4, -0.2) is 12.6 Å². The molecule has 106 valence electrons. The quantitative estimate of drug-likeness (QED) is 0.846. The number of nitrogens with two attached hydrogens (primary N) is 1. The van der Waals surface area contributed by atoms with Gasteiger partial charge in [-0.3, -0.25) is 0 Å². The highest BCUT2D eigenvalue weighted by Crippen LogP contribution is 2.37. The smallest absolute Gasteiger partial charge is 0.0526 e. The number of halogens is 1. The van der Waals surface area contributed by atoms with Gasteiger partial charge >= 0.3 is 0 Å². The van der Waals surface area contributed by atoms with Crippen molar-refractivity contribution in [1.82, 2.24) is 0 Å². The molecule has 0 saturated heterocycles. The Morgan fingerprint density at radius 2 is 2.15 bits per heavy atom. The topological polar surface area (TPSA) is 29.3 Å². The third-order valence-corrected chi connectivity index (χ3v) is 5.14. The third-order valence-electron chi connectivity index (χ3n) is 3.65. The normalized spacial score (nSPS) is 14.5. The van der Waals surface area contributed by atoms with E-state index >= 15 is 0 Å². The standard InChI is InChI=1S/C16H19BrN2S/c17-15-10-12(7-8-18)3-6-16(15)19(13-4-5-13)11-14-2-1-9-20-14/h1-3,6,9-10,13H,4-5,7-8,11,18H2. The number of nitrogens with zero attached hydrogens (tertiary/aromatic N) is 1. The van der Waals surface area contributed by atoms with Gasteiger partial charge in [0.1, 0.15) is 0 Å². The molecule has 3 rings (SSSR count). The second-order valence-electron chi connectivity index (χ2n) is 5.26. The lowest BCUT2D eigenvalue weighted by Gasteiger charge is -2.25. The maximum Gasteiger partial charge on any atom is 0.0526 e. The highest BCUT2D eigenvalue weighted by Gasteiger charge is 2.30. The van der Waals surface area contributed by atoms with Crippen molar-refractivity contribution in [2.75, 3.05) is 11.4 Å². The molecule has 1 aliphatic carbocycles. The van der Waals surface area contributed by atoms with Gasteiger partial charge in [0.2, 0.25) is 0 Å². The molecule has 1 aromatic heterocycles. The fraction of sp³-hybridized carbons (Fsp3) is 0.375. The molecular formula is C16H19BrN2S. The minimum absolute atomic E-state index is 0.702. The van der Waals surface area contributed by atoms with E-state index in [1.807, 2.05) is 11.3 Å². The fourth-order valence-electron chi connectivity index (χ4n) is 2.47. The Bertz CT molecular complexity index is 564. The number of benzene rings is 1. The summed E-state index contributed by atoms with van der Waals surface area (Å²) in [5, 5.41) is 2.15. The molecular weight excluding hydrogens is 332 g/mol. The average Bonchev–Trinajstić information content (AvgIpc) is 3.15. The number of thiophene rings is 1. The van der Waals surface area contributed by atoms with Crippen LogP contribution >= 0.6 is 27.3 Å². The summed E-state index contributed by atoms with van der Waals surface area (Å²) in [5.74, 6) is 0. The van der Waals surface area contributed by atoms with Gasteiger partial charge in [0, 0.05) is 15.4 Å². The van der Waals surface area contributed by atoms with Gasteiger partial charge in [-0.15, -0.1) is 11.3 Å². The lowest BCUT2D eigenvalue weighted by Crippen LogP contribution is -2.25. The van der Waals surface area contributed by atoms with Crippen LogP contribution in [0.25, 0.3) is 0 Å². The summed E-state index contributed by atoms with van der Waals surface area (Å²) in [6, 6.07) is 11.7. The lowest BCUT2D eigenvalue weighted by molar-refractivity contribution is 0.800. The highest BCUT2D eigenvalue weighted by atomic mass is 79.9. The van der Waals surface area contributed by atoms with Crippen molar-refractivity contribution in [3.05, 3.63) is 50.6 Å². The highest BCUT2D eigenvalue weighted by molar-refractivity contribution is 9.10. The fourth-order valence-corrected chi connectivity index (χ4v) is 3.83. The molecule has 2 aromatic rings. The van der Waals surface area contributed by atoms with E-state index < -0.39 is 0 Å². The molecule has 2 nitrogen and oxygen atoms in total. The first-order valence-corrected chi connectivity index (χ1v) is 8.72. The van der Waals surface area contributed by atoms with Crippen LogP contribution in [0.5, 0.6) is 0 Å². The van der Waals surface area contributed by atoms with E-state index in [0.717, 1.165) is 13.0 Å². The average molecular weight is 351 g/mol. The van der Waals surface area contributed by atoms with Crippen molar-refractivity contribution in [1.29, 1.82) is 0 Å². The van der Waals surface area contributed by atoms with Crippen LogP contribution in [0.15, 0.2) is 40.2 Å². The minimum atomic E-state index is 0.702. The van der Waals surface area contributed by atoms with E-state index in [1.54, 1.807) is 0 Å². The largest absolute Gasteiger partial charge is 0.362 e. The zero-order valence-corrected chi connectivity index (χ0v) is 13.8. The molecule has 0 radical (unpaired) electrons. The summed E-state index contributed by atoms with van der Waals surface area (Å²) >= 11 is 5.57. The van der Waals surface area contributed by atoms with Gasteiger partial charge in [-0.25, -0.2) is 0 Å². The van der Waals surface area contributed by atoms with Crippen molar-refractivity contribution >= 4 is 33.0 Å². The van der Waals surface area contributed by atoms with Crippen LogP contribution < -0.4 is 10.6 Å². The zero-order valence-electron chi connectivity index (χ0n) is 11.4. The Balaban J connectivity index is 1.83. The number of anilines is 1. The van der Waals surface area contributed by atoms with Crippen LogP contribution in [0, 0.1) is 0 Å². The van der Waals surface area contributed by atoms with Gasteiger partial charge in [0.15, 0.2) is 0 Å². The second kappa shape index (κ2) is 6.29. The first-order valence-electron chi connectivity index (χ1n) is 7.05. The molecule has 0 bridgehead atoms. The van der Waals surface area contributed by atoms with Crippen LogP contribution in [0.4, 0.5) is 5.69 Å². The summed E-state index contributed by atoms with van der Waals surface area (Å²) in [5.41, 5.74) is 8.24. The molecule has 0 spiro atoms. The zero-order chi connectivity index (χ0) is 13.9. The van der Waals surface area contributed by atoms with E-state index in [9.17, 15) is 0 Å². The third kappa shape index (κ3) is 3.25. The predicted molar refractivity (Wildman–Crippen MR) is 90.4 cm³/mol. The molecule has 4 heteroatoms. The van der Waals surface area contributed by atoms with E-state index in [2.05, 4.69) is 56.5 Å². The van der Waals surface area contributed by atoms with E-state index in [0.29, 0.717) is 12.6 Å².